The molecule has 2 N–H and O–H groups in total. The van der Waals surface area contributed by atoms with Gasteiger partial charge in [-0.05, 0) is 48.6 Å². The van der Waals surface area contributed by atoms with E-state index in [1.807, 2.05) is 0 Å². The van der Waals surface area contributed by atoms with E-state index in [-0.39, 0.29) is 11.3 Å². The molecule has 27 heavy (non-hydrogen) atoms. The van der Waals surface area contributed by atoms with Gasteiger partial charge in [0.15, 0.2) is 0 Å². The van der Waals surface area contributed by atoms with Gasteiger partial charge < -0.3 is 5.11 Å². The van der Waals surface area contributed by atoms with Gasteiger partial charge in [-0.15, -0.1) is 24.1 Å². The quantitative estimate of drug-likeness (QED) is 0.247. The number of thioether (sulfide) groups is 1. The number of halogens is 2. The molecule has 0 spiro atoms. The minimum Gasteiger partial charge on any atom is -0.464 e. The number of nitrogens with zero attached hydrogens (tertiary/aromatic N) is 1. The van der Waals surface area contributed by atoms with Crippen LogP contribution in [0, 0.1) is 12.3 Å². The lowest BCUT2D eigenvalue weighted by Crippen LogP contribution is -2.17. The minimum atomic E-state index is -1.09. The number of hydrogen-bond donors (Lipinski definition) is 2. The van der Waals surface area contributed by atoms with Gasteiger partial charge in [0.2, 0.25) is 0 Å². The summed E-state index contributed by atoms with van der Waals surface area (Å²) in [5.41, 5.74) is 0.840. The molecule has 0 aromatic heterocycles. The van der Waals surface area contributed by atoms with E-state index in [2.05, 4.69) is 10.6 Å². The number of hydrogen-bond acceptors (Lipinski definition) is 4. The molecule has 0 aliphatic carbocycles. The standard InChI is InChI=1S/C19H22Cl2N2O2S2/c1-2-3-4-5-6-7-8-16-12-26-18(22-16)17(27-23-19(24)25)13-9-14(20)11-15(21)10-13/h1,9-11,16-17,23H,3-8,12H2,(H,24,25). The fourth-order valence-electron chi connectivity index (χ4n) is 2.78. The highest BCUT2D eigenvalue weighted by atomic mass is 35.5. The van der Waals surface area contributed by atoms with Crippen LogP contribution in [-0.4, -0.2) is 28.0 Å². The molecule has 1 aliphatic rings. The normalized spacial score (nSPS) is 17.2. The SMILES string of the molecule is C#CCCCCCCC1CSC(C(SNC(=O)O)c2cc(Cl)cc(Cl)c2)=N1. The van der Waals surface area contributed by atoms with Crippen LogP contribution < -0.4 is 4.72 Å². The van der Waals surface area contributed by atoms with Crippen LogP contribution in [0.1, 0.15) is 49.3 Å². The lowest BCUT2D eigenvalue weighted by Gasteiger charge is -2.16. The number of carboxylic acid groups (broad SMARTS) is 1. The first kappa shape index (κ1) is 22.3. The van der Waals surface area contributed by atoms with Crippen molar-refractivity contribution >= 4 is 58.0 Å². The number of amides is 1. The molecular weight excluding hydrogens is 423 g/mol. The largest absolute Gasteiger partial charge is 0.464 e. The number of terminal acetylenes is 1. The monoisotopic (exact) mass is 444 g/mol. The van der Waals surface area contributed by atoms with Crippen molar-refractivity contribution in [2.24, 2.45) is 4.99 Å². The molecule has 1 aromatic rings. The molecule has 8 heteroatoms. The third-order valence-corrected chi connectivity index (χ3v) is 6.82. The summed E-state index contributed by atoms with van der Waals surface area (Å²) in [7, 11) is 0. The Morgan fingerprint density at radius 1 is 1.33 bits per heavy atom. The van der Waals surface area contributed by atoms with Crippen LogP contribution in [-0.2, 0) is 0 Å². The van der Waals surface area contributed by atoms with Gasteiger partial charge in [-0.2, -0.15) is 0 Å². The highest BCUT2D eigenvalue weighted by Gasteiger charge is 2.28. The summed E-state index contributed by atoms with van der Waals surface area (Å²) in [6.07, 6.45) is 10.6. The smallest absolute Gasteiger partial charge is 0.414 e. The molecule has 0 bridgehead atoms. The third kappa shape index (κ3) is 7.87. The topological polar surface area (TPSA) is 61.7 Å². The molecule has 1 heterocycles. The van der Waals surface area contributed by atoms with Gasteiger partial charge in [0.25, 0.3) is 0 Å². The highest BCUT2D eigenvalue weighted by Crippen LogP contribution is 2.39. The molecule has 0 saturated heterocycles. The van der Waals surface area contributed by atoms with Crippen LogP contribution >= 0.6 is 46.9 Å². The summed E-state index contributed by atoms with van der Waals surface area (Å²) >= 11 is 15.0. The first-order valence-corrected chi connectivity index (χ1v) is 11.4. The Hall–Kier alpha value is -1.00. The van der Waals surface area contributed by atoms with Gasteiger partial charge in [-0.3, -0.25) is 9.71 Å². The first-order chi connectivity index (χ1) is 13.0. The van der Waals surface area contributed by atoms with E-state index in [1.54, 1.807) is 30.0 Å². The summed E-state index contributed by atoms with van der Waals surface area (Å²) in [6, 6.07) is 5.53. The van der Waals surface area contributed by atoms with E-state index < -0.39 is 6.09 Å². The molecule has 1 aromatic carbocycles. The molecule has 2 unspecified atom stereocenters. The van der Waals surface area contributed by atoms with Crippen LogP contribution in [0.5, 0.6) is 0 Å². The molecule has 2 rings (SSSR count). The number of aliphatic imine (C=N–C) groups is 1. The van der Waals surface area contributed by atoms with Gasteiger partial charge >= 0.3 is 6.09 Å². The maximum absolute atomic E-state index is 11.0. The van der Waals surface area contributed by atoms with Crippen LogP contribution in [0.4, 0.5) is 4.79 Å². The summed E-state index contributed by atoms with van der Waals surface area (Å²) < 4.78 is 2.38. The van der Waals surface area contributed by atoms with E-state index >= 15 is 0 Å². The lowest BCUT2D eigenvalue weighted by atomic mass is 10.1. The first-order valence-electron chi connectivity index (χ1n) is 8.74. The number of nitrogens with one attached hydrogen (secondary N) is 1. The van der Waals surface area contributed by atoms with Crippen molar-refractivity contribution in [2.75, 3.05) is 5.75 Å². The molecular formula is C19H22Cl2N2O2S2. The third-order valence-electron chi connectivity index (χ3n) is 4.02. The second kappa shape index (κ2) is 11.8. The average molecular weight is 445 g/mol. The Morgan fingerprint density at radius 2 is 2.04 bits per heavy atom. The second-order valence-corrected chi connectivity index (χ2v) is 9.02. The zero-order valence-electron chi connectivity index (χ0n) is 14.8. The minimum absolute atomic E-state index is 0.261. The van der Waals surface area contributed by atoms with Crippen molar-refractivity contribution in [3.63, 3.8) is 0 Å². The maximum Gasteiger partial charge on any atom is 0.414 e. The van der Waals surface area contributed by atoms with Crippen molar-refractivity contribution in [3.05, 3.63) is 33.8 Å². The van der Waals surface area contributed by atoms with Crippen LogP contribution in [0.2, 0.25) is 10.0 Å². The molecule has 0 fully saturated rings. The van der Waals surface area contributed by atoms with Crippen molar-refractivity contribution in [2.45, 2.75) is 49.8 Å². The predicted molar refractivity (Wildman–Crippen MR) is 118 cm³/mol. The van der Waals surface area contributed by atoms with Gasteiger partial charge in [0, 0.05) is 22.2 Å². The van der Waals surface area contributed by atoms with E-state index in [4.69, 9.17) is 39.7 Å². The van der Waals surface area contributed by atoms with Crippen molar-refractivity contribution in [1.82, 2.24) is 4.72 Å². The number of unbranched alkanes of at least 4 members (excludes halogenated alkanes) is 4. The molecule has 146 valence electrons. The van der Waals surface area contributed by atoms with E-state index in [1.165, 1.54) is 0 Å². The van der Waals surface area contributed by atoms with Gasteiger partial charge in [0.05, 0.1) is 16.3 Å². The van der Waals surface area contributed by atoms with Crippen LogP contribution in [0.15, 0.2) is 23.2 Å². The molecule has 2 atom stereocenters. The van der Waals surface area contributed by atoms with Crippen molar-refractivity contribution in [3.8, 4) is 12.3 Å². The van der Waals surface area contributed by atoms with Crippen molar-refractivity contribution in [1.29, 1.82) is 0 Å². The van der Waals surface area contributed by atoms with E-state index in [0.29, 0.717) is 10.0 Å². The summed E-state index contributed by atoms with van der Waals surface area (Å²) in [4.78, 5) is 15.8. The van der Waals surface area contributed by atoms with Gasteiger partial charge in [-0.1, -0.05) is 42.5 Å². The van der Waals surface area contributed by atoms with E-state index in [0.717, 1.165) is 66.8 Å². The molecule has 4 nitrogen and oxygen atoms in total. The fraction of sp³-hybridized carbons (Fsp3) is 0.474. The van der Waals surface area contributed by atoms with Crippen LogP contribution in [0.25, 0.3) is 0 Å². The highest BCUT2D eigenvalue weighted by molar-refractivity contribution is 8.16. The summed E-state index contributed by atoms with van der Waals surface area (Å²) in [5, 5.41) is 10.7. The summed E-state index contributed by atoms with van der Waals surface area (Å²) in [6.45, 7) is 0. The Bertz CT molecular complexity index is 702. The fourth-order valence-corrected chi connectivity index (χ4v) is 5.44. The van der Waals surface area contributed by atoms with Gasteiger partial charge in [-0.25, -0.2) is 4.79 Å². The predicted octanol–water partition coefficient (Wildman–Crippen LogP) is 6.44. The maximum atomic E-state index is 11.0. The molecule has 1 aliphatic heterocycles. The second-order valence-electron chi connectivity index (χ2n) is 6.20. The zero-order valence-corrected chi connectivity index (χ0v) is 17.9. The Labute approximate surface area is 179 Å². The van der Waals surface area contributed by atoms with Crippen molar-refractivity contribution < 1.29 is 9.90 Å². The molecule has 0 saturated carbocycles. The Balaban J connectivity index is 2.00. The number of carbonyl (C=O) groups is 1. The van der Waals surface area contributed by atoms with E-state index in [9.17, 15) is 4.79 Å². The van der Waals surface area contributed by atoms with Crippen LogP contribution in [0.3, 0.4) is 0 Å². The molecule has 1 amide bonds. The Morgan fingerprint density at radius 3 is 2.70 bits per heavy atom. The van der Waals surface area contributed by atoms with Gasteiger partial charge in [0.1, 0.15) is 0 Å². The lowest BCUT2D eigenvalue weighted by molar-refractivity contribution is 0.202. The molecule has 0 radical (unpaired) electrons. The Kier molecular flexibility index (Phi) is 9.70. The summed E-state index contributed by atoms with van der Waals surface area (Å²) in [5.74, 6) is 3.58. The number of benzene rings is 1. The zero-order chi connectivity index (χ0) is 19.6. The average Bonchev–Trinajstić information content (AvgIpc) is 3.06. The number of rotatable bonds is 10.